The van der Waals surface area contributed by atoms with Crippen molar-refractivity contribution < 1.29 is 0 Å². The predicted molar refractivity (Wildman–Crippen MR) is 85.3 cm³/mol. The molecule has 0 amide bonds. The Labute approximate surface area is 128 Å². The Kier molecular flexibility index (Phi) is 4.32. The molecule has 1 aliphatic rings. The quantitative estimate of drug-likeness (QED) is 0.836. The van der Waals surface area contributed by atoms with Crippen LogP contribution in [0.2, 0.25) is 5.28 Å². The Balaban J connectivity index is 1.89. The zero-order valence-electron chi connectivity index (χ0n) is 11.5. The first-order valence-electron chi connectivity index (χ1n) is 7.07. The summed E-state index contributed by atoms with van der Waals surface area (Å²) >= 11 is 8.33. The van der Waals surface area contributed by atoms with Gasteiger partial charge in [0, 0.05) is 16.9 Å². The Bertz CT molecular complexity index is 570. The van der Waals surface area contributed by atoms with Gasteiger partial charge in [-0.1, -0.05) is 37.3 Å². The molecule has 0 aliphatic heterocycles. The number of thioether (sulfide) groups is 1. The van der Waals surface area contributed by atoms with E-state index in [4.69, 9.17) is 11.6 Å². The van der Waals surface area contributed by atoms with Crippen molar-refractivity contribution in [3.63, 3.8) is 0 Å². The lowest BCUT2D eigenvalue weighted by atomic mass is 10.2. The van der Waals surface area contributed by atoms with Gasteiger partial charge >= 0.3 is 0 Å². The summed E-state index contributed by atoms with van der Waals surface area (Å²) in [5, 5.41) is 9.61. The molecule has 106 valence electrons. The van der Waals surface area contributed by atoms with Crippen molar-refractivity contribution in [3.8, 4) is 11.4 Å². The van der Waals surface area contributed by atoms with Crippen molar-refractivity contribution in [2.75, 3.05) is 5.75 Å². The van der Waals surface area contributed by atoms with E-state index in [2.05, 4.69) is 45.6 Å². The smallest absolute Gasteiger partial charge is 0.225 e. The second-order valence-electron chi connectivity index (χ2n) is 5.07. The molecule has 1 fully saturated rings. The largest absolute Gasteiger partial charge is 0.295 e. The molecule has 2 atom stereocenters. The molecular formula is C15H18ClN3S. The predicted octanol–water partition coefficient (Wildman–Crippen LogP) is 4.45. The van der Waals surface area contributed by atoms with E-state index >= 15 is 0 Å². The lowest BCUT2D eigenvalue weighted by molar-refractivity contribution is 0.523. The molecule has 2 unspecified atom stereocenters. The molecule has 0 radical (unpaired) electrons. The van der Waals surface area contributed by atoms with Gasteiger partial charge in [-0.2, -0.15) is 11.8 Å². The van der Waals surface area contributed by atoms with Gasteiger partial charge in [-0.15, -0.1) is 10.2 Å². The van der Waals surface area contributed by atoms with Gasteiger partial charge in [0.2, 0.25) is 5.28 Å². The van der Waals surface area contributed by atoms with Gasteiger partial charge in [0.15, 0.2) is 5.82 Å². The van der Waals surface area contributed by atoms with E-state index in [-0.39, 0.29) is 0 Å². The standard InChI is InChI=1S/C15H18ClN3S/c1-2-20-13-9-8-12(10-13)19-14(17-18-15(19)16)11-6-4-3-5-7-11/h3-7,12-13H,2,8-10H2,1H3. The summed E-state index contributed by atoms with van der Waals surface area (Å²) in [5.74, 6) is 2.07. The second kappa shape index (κ2) is 6.19. The molecule has 3 rings (SSSR count). The van der Waals surface area contributed by atoms with E-state index in [1.807, 2.05) is 18.2 Å². The van der Waals surface area contributed by atoms with Crippen LogP contribution in [-0.4, -0.2) is 25.8 Å². The average molecular weight is 308 g/mol. The molecule has 20 heavy (non-hydrogen) atoms. The van der Waals surface area contributed by atoms with Gasteiger partial charge in [-0.3, -0.25) is 4.57 Å². The number of aromatic nitrogens is 3. The third kappa shape index (κ3) is 2.72. The molecule has 0 N–H and O–H groups in total. The molecular weight excluding hydrogens is 290 g/mol. The van der Waals surface area contributed by atoms with Gasteiger partial charge in [-0.25, -0.2) is 0 Å². The molecule has 3 nitrogen and oxygen atoms in total. The molecule has 0 spiro atoms. The summed E-state index contributed by atoms with van der Waals surface area (Å²) in [6, 6.07) is 10.6. The lowest BCUT2D eigenvalue weighted by Crippen LogP contribution is -2.08. The highest BCUT2D eigenvalue weighted by atomic mass is 35.5. The van der Waals surface area contributed by atoms with E-state index in [9.17, 15) is 0 Å². The molecule has 0 saturated heterocycles. The fourth-order valence-electron chi connectivity index (χ4n) is 2.92. The summed E-state index contributed by atoms with van der Waals surface area (Å²) in [7, 11) is 0. The Morgan fingerprint density at radius 2 is 2.05 bits per heavy atom. The maximum atomic E-state index is 6.28. The minimum atomic E-state index is 0.428. The van der Waals surface area contributed by atoms with Crippen LogP contribution in [0.5, 0.6) is 0 Å². The van der Waals surface area contributed by atoms with Crippen LogP contribution in [0.15, 0.2) is 30.3 Å². The van der Waals surface area contributed by atoms with E-state index < -0.39 is 0 Å². The average Bonchev–Trinajstić information content (AvgIpc) is 3.07. The highest BCUT2D eigenvalue weighted by molar-refractivity contribution is 7.99. The van der Waals surface area contributed by atoms with Crippen molar-refractivity contribution in [1.29, 1.82) is 0 Å². The summed E-state index contributed by atoms with van der Waals surface area (Å²) < 4.78 is 2.12. The van der Waals surface area contributed by atoms with E-state index in [1.54, 1.807) is 0 Å². The monoisotopic (exact) mass is 307 g/mol. The van der Waals surface area contributed by atoms with E-state index in [1.165, 1.54) is 12.2 Å². The number of hydrogen-bond acceptors (Lipinski definition) is 3. The number of benzene rings is 1. The summed E-state index contributed by atoms with van der Waals surface area (Å²) in [5.41, 5.74) is 1.08. The minimum absolute atomic E-state index is 0.428. The normalized spacial score (nSPS) is 22.3. The van der Waals surface area contributed by atoms with Crippen LogP contribution >= 0.6 is 23.4 Å². The summed E-state index contributed by atoms with van der Waals surface area (Å²) in [6.07, 6.45) is 3.58. The molecule has 0 bridgehead atoms. The van der Waals surface area contributed by atoms with Gasteiger partial charge in [0.1, 0.15) is 0 Å². The lowest BCUT2D eigenvalue weighted by Gasteiger charge is -2.15. The third-order valence-corrected chi connectivity index (χ3v) is 5.30. The second-order valence-corrected chi connectivity index (χ2v) is 6.99. The fourth-order valence-corrected chi connectivity index (χ4v) is 4.31. The van der Waals surface area contributed by atoms with Crippen LogP contribution in [-0.2, 0) is 0 Å². The summed E-state index contributed by atoms with van der Waals surface area (Å²) in [6.45, 7) is 2.22. The van der Waals surface area contributed by atoms with Gasteiger partial charge in [0.05, 0.1) is 0 Å². The summed E-state index contributed by atoms with van der Waals surface area (Å²) in [4.78, 5) is 0. The number of halogens is 1. The maximum absolute atomic E-state index is 6.28. The molecule has 1 aromatic heterocycles. The topological polar surface area (TPSA) is 30.7 Å². The number of rotatable bonds is 4. The highest BCUT2D eigenvalue weighted by Gasteiger charge is 2.29. The number of hydrogen-bond donors (Lipinski definition) is 0. The zero-order chi connectivity index (χ0) is 13.9. The van der Waals surface area contributed by atoms with E-state index in [0.717, 1.165) is 29.5 Å². The van der Waals surface area contributed by atoms with Crippen LogP contribution in [0.1, 0.15) is 32.2 Å². The highest BCUT2D eigenvalue weighted by Crippen LogP contribution is 2.40. The first kappa shape index (κ1) is 14.0. The molecule has 1 heterocycles. The number of nitrogens with zero attached hydrogens (tertiary/aromatic N) is 3. The Morgan fingerprint density at radius 1 is 1.25 bits per heavy atom. The molecule has 1 aromatic carbocycles. The SMILES string of the molecule is CCSC1CCC(n2c(Cl)nnc2-c2ccccc2)C1. The molecule has 2 aromatic rings. The van der Waals surface area contributed by atoms with Crippen LogP contribution < -0.4 is 0 Å². The zero-order valence-corrected chi connectivity index (χ0v) is 13.1. The van der Waals surface area contributed by atoms with Crippen LogP contribution in [0.25, 0.3) is 11.4 Å². The van der Waals surface area contributed by atoms with Crippen LogP contribution in [0.3, 0.4) is 0 Å². The molecule has 1 saturated carbocycles. The minimum Gasteiger partial charge on any atom is -0.295 e. The van der Waals surface area contributed by atoms with Crippen LogP contribution in [0.4, 0.5) is 0 Å². The van der Waals surface area contributed by atoms with Crippen molar-refractivity contribution in [2.45, 2.75) is 37.5 Å². The Morgan fingerprint density at radius 3 is 2.80 bits per heavy atom. The van der Waals surface area contributed by atoms with Gasteiger partial charge < -0.3 is 0 Å². The van der Waals surface area contributed by atoms with Crippen molar-refractivity contribution in [2.24, 2.45) is 0 Å². The van der Waals surface area contributed by atoms with Gasteiger partial charge in [-0.05, 0) is 36.6 Å². The fraction of sp³-hybridized carbons (Fsp3) is 0.467. The van der Waals surface area contributed by atoms with Crippen molar-refractivity contribution >= 4 is 23.4 Å². The van der Waals surface area contributed by atoms with Crippen LogP contribution in [0, 0.1) is 0 Å². The van der Waals surface area contributed by atoms with E-state index in [0.29, 0.717) is 11.3 Å². The Hall–Kier alpha value is -1.00. The third-order valence-electron chi connectivity index (χ3n) is 3.81. The molecule has 1 aliphatic carbocycles. The first-order chi connectivity index (χ1) is 9.79. The van der Waals surface area contributed by atoms with Crippen molar-refractivity contribution in [1.82, 2.24) is 14.8 Å². The first-order valence-corrected chi connectivity index (χ1v) is 8.49. The molecule has 5 heteroatoms. The maximum Gasteiger partial charge on any atom is 0.225 e. The van der Waals surface area contributed by atoms with Crippen molar-refractivity contribution in [3.05, 3.63) is 35.6 Å². The van der Waals surface area contributed by atoms with Gasteiger partial charge in [0.25, 0.3) is 0 Å².